The smallest absolute Gasteiger partial charge is 0.129 e. The minimum atomic E-state index is 0.0666. The average Bonchev–Trinajstić information content (AvgIpc) is 2.87. The Hall–Kier alpha value is -1.09. The van der Waals surface area contributed by atoms with Gasteiger partial charge in [-0.15, -0.1) is 0 Å². The molecule has 112 valence electrons. The van der Waals surface area contributed by atoms with E-state index in [4.69, 9.17) is 10.7 Å². The van der Waals surface area contributed by atoms with E-state index in [1.807, 2.05) is 0 Å². The summed E-state index contributed by atoms with van der Waals surface area (Å²) in [6.45, 7) is 14.1. The lowest BCUT2D eigenvalue weighted by atomic mass is 9.90. The van der Waals surface area contributed by atoms with Gasteiger partial charge < -0.3 is 10.6 Å². The van der Waals surface area contributed by atoms with Crippen molar-refractivity contribution < 1.29 is 0 Å². The number of rotatable bonds is 3. The van der Waals surface area contributed by atoms with Gasteiger partial charge in [0.05, 0.1) is 0 Å². The van der Waals surface area contributed by atoms with Gasteiger partial charge in [-0.2, -0.15) is 0 Å². The summed E-state index contributed by atoms with van der Waals surface area (Å²) in [4.78, 5) is 7.33. The fourth-order valence-corrected chi connectivity index (χ4v) is 2.77. The summed E-state index contributed by atoms with van der Waals surface area (Å²) in [6.07, 6.45) is 1.27. The minimum absolute atomic E-state index is 0.0666. The molecule has 0 aromatic carbocycles. The molecule has 1 aromatic heterocycles. The molecule has 1 aliphatic heterocycles. The maximum atomic E-state index is 5.86. The molecule has 3 nitrogen and oxygen atoms in total. The van der Waals surface area contributed by atoms with Crippen molar-refractivity contribution in [2.75, 3.05) is 18.0 Å². The van der Waals surface area contributed by atoms with Crippen LogP contribution in [0.3, 0.4) is 0 Å². The second-order valence-corrected chi connectivity index (χ2v) is 7.41. The molecule has 0 bridgehead atoms. The van der Waals surface area contributed by atoms with Gasteiger partial charge in [0, 0.05) is 30.7 Å². The lowest BCUT2D eigenvalue weighted by molar-refractivity contribution is 0.422. The summed E-state index contributed by atoms with van der Waals surface area (Å²) in [5, 5.41) is 0. The molecule has 2 N–H and O–H groups in total. The van der Waals surface area contributed by atoms with E-state index in [1.165, 1.54) is 12.0 Å². The molecule has 0 spiro atoms. The van der Waals surface area contributed by atoms with Gasteiger partial charge in [0.1, 0.15) is 5.82 Å². The first-order valence-corrected chi connectivity index (χ1v) is 7.77. The Balaban J connectivity index is 2.28. The van der Waals surface area contributed by atoms with E-state index >= 15 is 0 Å². The second kappa shape index (κ2) is 5.72. The Morgan fingerprint density at radius 1 is 1.35 bits per heavy atom. The number of pyridine rings is 1. The van der Waals surface area contributed by atoms with Crippen LogP contribution in [0.4, 0.5) is 5.82 Å². The summed E-state index contributed by atoms with van der Waals surface area (Å²) >= 11 is 0. The number of hydrogen-bond donors (Lipinski definition) is 1. The molecule has 0 saturated carbocycles. The van der Waals surface area contributed by atoms with Gasteiger partial charge in [-0.25, -0.2) is 4.98 Å². The van der Waals surface area contributed by atoms with Crippen LogP contribution >= 0.6 is 0 Å². The summed E-state index contributed by atoms with van der Waals surface area (Å²) < 4.78 is 0. The zero-order valence-corrected chi connectivity index (χ0v) is 13.6. The van der Waals surface area contributed by atoms with E-state index in [0.717, 1.165) is 36.4 Å². The molecule has 0 aliphatic carbocycles. The van der Waals surface area contributed by atoms with Crippen molar-refractivity contribution >= 4 is 5.82 Å². The zero-order chi connectivity index (χ0) is 14.9. The molecular formula is C17H29N3. The Labute approximate surface area is 123 Å². The fourth-order valence-electron chi connectivity index (χ4n) is 2.77. The van der Waals surface area contributed by atoms with E-state index < -0.39 is 0 Å². The van der Waals surface area contributed by atoms with E-state index in [9.17, 15) is 0 Å². The number of nitrogens with zero attached hydrogens (tertiary/aromatic N) is 2. The third kappa shape index (κ3) is 3.32. The van der Waals surface area contributed by atoms with Crippen molar-refractivity contribution in [2.24, 2.45) is 17.6 Å². The van der Waals surface area contributed by atoms with Gasteiger partial charge in [0.2, 0.25) is 0 Å². The predicted octanol–water partition coefficient (Wildman–Crippen LogP) is 3.32. The number of hydrogen-bond acceptors (Lipinski definition) is 3. The Kier molecular flexibility index (Phi) is 4.38. The Morgan fingerprint density at radius 2 is 2.05 bits per heavy atom. The minimum Gasteiger partial charge on any atom is -0.356 e. The van der Waals surface area contributed by atoms with Crippen LogP contribution in [0.2, 0.25) is 0 Å². The third-order valence-electron chi connectivity index (χ3n) is 4.37. The first-order valence-electron chi connectivity index (χ1n) is 7.77. The molecule has 1 fully saturated rings. The lowest BCUT2D eigenvalue weighted by Gasteiger charge is -2.24. The average molecular weight is 275 g/mol. The van der Waals surface area contributed by atoms with Gasteiger partial charge in [-0.3, -0.25) is 0 Å². The fraction of sp³-hybridized carbons (Fsp3) is 0.706. The monoisotopic (exact) mass is 275 g/mol. The highest BCUT2D eigenvalue weighted by Crippen LogP contribution is 2.30. The molecule has 2 rings (SSSR count). The maximum Gasteiger partial charge on any atom is 0.129 e. The van der Waals surface area contributed by atoms with Crippen molar-refractivity contribution in [1.29, 1.82) is 0 Å². The molecule has 1 aromatic rings. The van der Waals surface area contributed by atoms with E-state index in [0.29, 0.717) is 6.54 Å². The largest absolute Gasteiger partial charge is 0.356 e. The van der Waals surface area contributed by atoms with Crippen molar-refractivity contribution in [1.82, 2.24) is 4.98 Å². The summed E-state index contributed by atoms with van der Waals surface area (Å²) in [7, 11) is 0. The Bertz CT molecular complexity index is 460. The van der Waals surface area contributed by atoms with E-state index in [-0.39, 0.29) is 5.41 Å². The maximum absolute atomic E-state index is 5.86. The van der Waals surface area contributed by atoms with Gasteiger partial charge >= 0.3 is 0 Å². The van der Waals surface area contributed by atoms with Crippen LogP contribution in [0, 0.1) is 11.8 Å². The van der Waals surface area contributed by atoms with Gasteiger partial charge in [0.25, 0.3) is 0 Å². The summed E-state index contributed by atoms with van der Waals surface area (Å²) in [5.74, 6) is 2.65. The number of nitrogens with two attached hydrogens (primary N) is 1. The standard InChI is InChI=1S/C17H29N3/c1-12(2)14-6-7-20(11-14)16-9-13(10-18)8-15(19-16)17(3,4)5/h8-9,12,14H,6-7,10-11,18H2,1-5H3. The second-order valence-electron chi connectivity index (χ2n) is 7.41. The normalized spacial score (nSPS) is 19.9. The topological polar surface area (TPSA) is 42.1 Å². The van der Waals surface area contributed by atoms with Crippen molar-refractivity contribution in [3.8, 4) is 0 Å². The van der Waals surface area contributed by atoms with Crippen molar-refractivity contribution in [3.05, 3.63) is 23.4 Å². The number of aromatic nitrogens is 1. The van der Waals surface area contributed by atoms with Crippen LogP contribution in [0.1, 0.15) is 52.3 Å². The third-order valence-corrected chi connectivity index (χ3v) is 4.37. The molecule has 0 amide bonds. The lowest BCUT2D eigenvalue weighted by Crippen LogP contribution is -2.24. The highest BCUT2D eigenvalue weighted by Gasteiger charge is 2.27. The predicted molar refractivity (Wildman–Crippen MR) is 86.0 cm³/mol. The van der Waals surface area contributed by atoms with Crippen molar-refractivity contribution in [2.45, 2.75) is 53.0 Å². The molecule has 0 radical (unpaired) electrons. The molecular weight excluding hydrogens is 246 g/mol. The molecule has 3 heteroatoms. The van der Waals surface area contributed by atoms with Crippen LogP contribution in [-0.4, -0.2) is 18.1 Å². The van der Waals surface area contributed by atoms with Gasteiger partial charge in [-0.05, 0) is 36.0 Å². The first kappa shape index (κ1) is 15.3. The quantitative estimate of drug-likeness (QED) is 0.920. The Morgan fingerprint density at radius 3 is 2.55 bits per heavy atom. The van der Waals surface area contributed by atoms with E-state index in [2.05, 4.69) is 51.7 Å². The number of anilines is 1. The van der Waals surface area contributed by atoms with Crippen LogP contribution in [0.15, 0.2) is 12.1 Å². The molecule has 1 aliphatic rings. The highest BCUT2D eigenvalue weighted by molar-refractivity contribution is 5.45. The van der Waals surface area contributed by atoms with E-state index in [1.54, 1.807) is 0 Å². The first-order chi connectivity index (χ1) is 9.31. The summed E-state index contributed by atoms with van der Waals surface area (Å²) in [5.41, 5.74) is 8.26. The molecule has 2 heterocycles. The molecule has 1 unspecified atom stereocenters. The molecule has 1 atom stereocenters. The molecule has 20 heavy (non-hydrogen) atoms. The van der Waals surface area contributed by atoms with Crippen LogP contribution in [0.25, 0.3) is 0 Å². The van der Waals surface area contributed by atoms with Crippen LogP contribution < -0.4 is 10.6 Å². The molecule has 1 saturated heterocycles. The van der Waals surface area contributed by atoms with Crippen LogP contribution in [0.5, 0.6) is 0 Å². The van der Waals surface area contributed by atoms with Crippen molar-refractivity contribution in [3.63, 3.8) is 0 Å². The van der Waals surface area contributed by atoms with Crippen LogP contribution in [-0.2, 0) is 12.0 Å². The SMILES string of the molecule is CC(C)C1CCN(c2cc(CN)cc(C(C)(C)C)n2)C1. The highest BCUT2D eigenvalue weighted by atomic mass is 15.2. The van der Waals surface area contributed by atoms with Gasteiger partial charge in [-0.1, -0.05) is 34.6 Å². The summed E-state index contributed by atoms with van der Waals surface area (Å²) in [6, 6.07) is 4.32. The van der Waals surface area contributed by atoms with Gasteiger partial charge in [0.15, 0.2) is 0 Å². The zero-order valence-electron chi connectivity index (χ0n) is 13.6.